The molecule has 66 valence electrons. The molecule has 0 bridgehead atoms. The second-order valence-corrected chi connectivity index (χ2v) is 3.15. The first-order valence-electron chi connectivity index (χ1n) is 4.02. The Balaban J connectivity index is 3.31. The van der Waals surface area contributed by atoms with Gasteiger partial charge < -0.3 is 10.8 Å². The number of carboxylic acids is 1. The van der Waals surface area contributed by atoms with E-state index < -0.39 is 5.97 Å². The molecule has 0 saturated heterocycles. The van der Waals surface area contributed by atoms with Gasteiger partial charge in [0.15, 0.2) is 0 Å². The lowest BCUT2D eigenvalue weighted by atomic mass is 10.0. The van der Waals surface area contributed by atoms with Crippen LogP contribution in [0.15, 0.2) is 0 Å². The van der Waals surface area contributed by atoms with Crippen molar-refractivity contribution in [3.05, 3.63) is 0 Å². The van der Waals surface area contributed by atoms with Crippen molar-refractivity contribution >= 4 is 5.97 Å². The Kier molecular flexibility index (Phi) is 4.86. The van der Waals surface area contributed by atoms with E-state index in [1.807, 2.05) is 6.92 Å². The van der Waals surface area contributed by atoms with E-state index >= 15 is 0 Å². The first kappa shape index (κ1) is 10.4. The molecule has 0 rings (SSSR count). The van der Waals surface area contributed by atoms with Gasteiger partial charge >= 0.3 is 5.97 Å². The average Bonchev–Trinajstić information content (AvgIpc) is 1.86. The van der Waals surface area contributed by atoms with Gasteiger partial charge in [-0.2, -0.15) is 0 Å². The molecule has 0 heterocycles. The van der Waals surface area contributed by atoms with Crippen molar-refractivity contribution < 1.29 is 9.90 Å². The third kappa shape index (κ3) is 5.85. The van der Waals surface area contributed by atoms with Gasteiger partial charge in [-0.15, -0.1) is 0 Å². The van der Waals surface area contributed by atoms with E-state index in [2.05, 4.69) is 0 Å². The molecule has 11 heavy (non-hydrogen) atoms. The highest BCUT2D eigenvalue weighted by molar-refractivity contribution is 5.69. The maximum atomic E-state index is 10.3. The van der Waals surface area contributed by atoms with Crippen molar-refractivity contribution in [3.8, 4) is 0 Å². The summed E-state index contributed by atoms with van der Waals surface area (Å²) in [6, 6.07) is 0.191. The number of hydrogen-bond acceptors (Lipinski definition) is 2. The van der Waals surface area contributed by atoms with Crippen LogP contribution in [0, 0.1) is 5.92 Å². The van der Waals surface area contributed by atoms with Crippen LogP contribution in [0.3, 0.4) is 0 Å². The Morgan fingerprint density at radius 1 is 1.45 bits per heavy atom. The van der Waals surface area contributed by atoms with Crippen molar-refractivity contribution in [1.82, 2.24) is 0 Å². The average molecular weight is 159 g/mol. The standard InChI is InChI=1S/C8H17NO2/c1-6(8(10)11)4-3-5-7(2)9/h6-7H,3-5,9H2,1-2H3,(H,10,11)/t6-,7-/m1/s1. The van der Waals surface area contributed by atoms with Gasteiger partial charge in [-0.3, -0.25) is 4.79 Å². The van der Waals surface area contributed by atoms with Crippen LogP contribution >= 0.6 is 0 Å². The lowest BCUT2D eigenvalue weighted by Gasteiger charge is -2.06. The van der Waals surface area contributed by atoms with E-state index in [1.54, 1.807) is 6.92 Å². The Bertz CT molecular complexity index is 123. The molecule has 3 nitrogen and oxygen atoms in total. The van der Waals surface area contributed by atoms with Crippen LogP contribution in [0.1, 0.15) is 33.1 Å². The van der Waals surface area contributed by atoms with Gasteiger partial charge in [0, 0.05) is 6.04 Å². The van der Waals surface area contributed by atoms with Gasteiger partial charge in [0.05, 0.1) is 5.92 Å². The zero-order valence-corrected chi connectivity index (χ0v) is 7.21. The predicted octanol–water partition coefficient (Wildman–Crippen LogP) is 1.22. The summed E-state index contributed by atoms with van der Waals surface area (Å²) in [6.07, 6.45) is 2.56. The third-order valence-electron chi connectivity index (χ3n) is 1.72. The molecule has 0 saturated carbocycles. The van der Waals surface area contributed by atoms with E-state index in [0.29, 0.717) is 0 Å². The maximum absolute atomic E-state index is 10.3. The minimum absolute atomic E-state index is 0.191. The summed E-state index contributed by atoms with van der Waals surface area (Å²) >= 11 is 0. The van der Waals surface area contributed by atoms with Crippen molar-refractivity contribution in [3.63, 3.8) is 0 Å². The highest BCUT2D eigenvalue weighted by Gasteiger charge is 2.09. The summed E-state index contributed by atoms with van der Waals surface area (Å²) in [5, 5.41) is 8.52. The summed E-state index contributed by atoms with van der Waals surface area (Å²) in [5.41, 5.74) is 5.51. The molecule has 3 N–H and O–H groups in total. The summed E-state index contributed by atoms with van der Waals surface area (Å²) < 4.78 is 0. The molecule has 0 aromatic rings. The Labute approximate surface area is 67.6 Å². The zero-order chi connectivity index (χ0) is 8.85. The highest BCUT2D eigenvalue weighted by Crippen LogP contribution is 2.08. The highest BCUT2D eigenvalue weighted by atomic mass is 16.4. The first-order valence-corrected chi connectivity index (χ1v) is 4.02. The van der Waals surface area contributed by atoms with Gasteiger partial charge in [-0.05, 0) is 19.8 Å². The van der Waals surface area contributed by atoms with Crippen LogP contribution in [-0.4, -0.2) is 17.1 Å². The van der Waals surface area contributed by atoms with E-state index in [-0.39, 0.29) is 12.0 Å². The maximum Gasteiger partial charge on any atom is 0.306 e. The number of carboxylic acid groups (broad SMARTS) is 1. The van der Waals surface area contributed by atoms with E-state index in [0.717, 1.165) is 19.3 Å². The lowest BCUT2D eigenvalue weighted by Crippen LogP contribution is -2.16. The monoisotopic (exact) mass is 159 g/mol. The van der Waals surface area contributed by atoms with Gasteiger partial charge in [-0.1, -0.05) is 13.3 Å². The minimum atomic E-state index is -0.713. The molecule has 0 aliphatic rings. The lowest BCUT2D eigenvalue weighted by molar-refractivity contribution is -0.141. The zero-order valence-electron chi connectivity index (χ0n) is 7.21. The molecule has 0 amide bonds. The van der Waals surface area contributed by atoms with Crippen LogP contribution < -0.4 is 5.73 Å². The van der Waals surface area contributed by atoms with Gasteiger partial charge in [-0.25, -0.2) is 0 Å². The molecule has 0 aromatic heterocycles. The fraction of sp³-hybridized carbons (Fsp3) is 0.875. The van der Waals surface area contributed by atoms with Crippen LogP contribution in [0.25, 0.3) is 0 Å². The van der Waals surface area contributed by atoms with Crippen molar-refractivity contribution in [2.24, 2.45) is 11.7 Å². The fourth-order valence-corrected chi connectivity index (χ4v) is 0.869. The number of rotatable bonds is 5. The topological polar surface area (TPSA) is 63.3 Å². The predicted molar refractivity (Wildman–Crippen MR) is 44.3 cm³/mol. The van der Waals surface area contributed by atoms with Crippen LogP contribution in [0.5, 0.6) is 0 Å². The van der Waals surface area contributed by atoms with E-state index in [1.165, 1.54) is 0 Å². The van der Waals surface area contributed by atoms with Gasteiger partial charge in [0.25, 0.3) is 0 Å². The Morgan fingerprint density at radius 3 is 2.36 bits per heavy atom. The molecule has 0 fully saturated rings. The quantitative estimate of drug-likeness (QED) is 0.634. The van der Waals surface area contributed by atoms with Crippen LogP contribution in [-0.2, 0) is 4.79 Å². The second kappa shape index (κ2) is 5.13. The van der Waals surface area contributed by atoms with Crippen molar-refractivity contribution in [1.29, 1.82) is 0 Å². The minimum Gasteiger partial charge on any atom is -0.481 e. The Hall–Kier alpha value is -0.570. The molecule has 0 aliphatic carbocycles. The molecule has 0 spiro atoms. The smallest absolute Gasteiger partial charge is 0.306 e. The summed E-state index contributed by atoms with van der Waals surface area (Å²) in [7, 11) is 0. The summed E-state index contributed by atoms with van der Waals surface area (Å²) in [5.74, 6) is -0.941. The van der Waals surface area contributed by atoms with Crippen molar-refractivity contribution in [2.75, 3.05) is 0 Å². The molecular weight excluding hydrogens is 142 g/mol. The van der Waals surface area contributed by atoms with Crippen LogP contribution in [0.2, 0.25) is 0 Å². The number of nitrogens with two attached hydrogens (primary N) is 1. The number of hydrogen-bond donors (Lipinski definition) is 2. The molecule has 0 unspecified atom stereocenters. The second-order valence-electron chi connectivity index (χ2n) is 3.15. The SMILES string of the molecule is C[C@H](CCC[C@@H](C)N)C(=O)O. The molecular formula is C8H17NO2. The van der Waals surface area contributed by atoms with E-state index in [4.69, 9.17) is 10.8 Å². The first-order chi connectivity index (χ1) is 5.04. The molecule has 3 heteroatoms. The number of carbonyl (C=O) groups is 1. The van der Waals surface area contributed by atoms with Crippen LogP contribution in [0.4, 0.5) is 0 Å². The number of aliphatic carboxylic acids is 1. The molecule has 2 atom stereocenters. The van der Waals surface area contributed by atoms with Gasteiger partial charge in [0.2, 0.25) is 0 Å². The Morgan fingerprint density at radius 2 is 2.00 bits per heavy atom. The molecule has 0 radical (unpaired) electrons. The normalized spacial score (nSPS) is 15.9. The molecule has 0 aromatic carbocycles. The fourth-order valence-electron chi connectivity index (χ4n) is 0.869. The van der Waals surface area contributed by atoms with E-state index in [9.17, 15) is 4.79 Å². The largest absolute Gasteiger partial charge is 0.481 e. The summed E-state index contributed by atoms with van der Waals surface area (Å²) in [6.45, 7) is 3.66. The molecule has 0 aliphatic heterocycles. The third-order valence-corrected chi connectivity index (χ3v) is 1.72. The summed E-state index contributed by atoms with van der Waals surface area (Å²) in [4.78, 5) is 10.3. The van der Waals surface area contributed by atoms with Crippen molar-refractivity contribution in [2.45, 2.75) is 39.2 Å². The van der Waals surface area contributed by atoms with Gasteiger partial charge in [0.1, 0.15) is 0 Å².